The molecule has 0 saturated heterocycles. The van der Waals surface area contributed by atoms with Gasteiger partial charge < -0.3 is 9.72 Å². The van der Waals surface area contributed by atoms with E-state index in [1.165, 1.54) is 16.9 Å². The van der Waals surface area contributed by atoms with Crippen molar-refractivity contribution in [3.63, 3.8) is 0 Å². The van der Waals surface area contributed by atoms with Crippen molar-refractivity contribution in [3.8, 4) is 17.0 Å². The van der Waals surface area contributed by atoms with Crippen molar-refractivity contribution >= 4 is 11.3 Å². The highest BCUT2D eigenvalue weighted by Crippen LogP contribution is 2.26. The monoisotopic (exact) mass is 340 g/mol. The van der Waals surface area contributed by atoms with Crippen molar-refractivity contribution in [1.82, 2.24) is 9.88 Å². The lowest BCUT2D eigenvalue weighted by Crippen LogP contribution is -2.16. The van der Waals surface area contributed by atoms with Gasteiger partial charge in [-0.3, -0.25) is 9.69 Å². The fraction of sp³-hybridized carbons (Fsp3) is 0.211. The standard InChI is InChI=1S/C19H20N2O2S/c1-21(12-14-6-4-3-5-7-14)13-17-18(20-19(22)24-17)15-8-10-16(23-2)11-9-15/h3-11H,12-13H2,1-2H3,(H,20,22). The van der Waals surface area contributed by atoms with Gasteiger partial charge in [-0.15, -0.1) is 0 Å². The zero-order valence-corrected chi connectivity index (χ0v) is 14.6. The molecule has 1 aromatic heterocycles. The van der Waals surface area contributed by atoms with E-state index >= 15 is 0 Å². The van der Waals surface area contributed by atoms with Crippen LogP contribution in [0.3, 0.4) is 0 Å². The van der Waals surface area contributed by atoms with Crippen LogP contribution in [0.1, 0.15) is 10.4 Å². The molecule has 24 heavy (non-hydrogen) atoms. The second kappa shape index (κ2) is 7.47. The molecule has 0 atom stereocenters. The summed E-state index contributed by atoms with van der Waals surface area (Å²) in [4.78, 5) is 18.1. The number of methoxy groups -OCH3 is 1. The van der Waals surface area contributed by atoms with Gasteiger partial charge in [0.05, 0.1) is 12.8 Å². The number of hydrogen-bond acceptors (Lipinski definition) is 4. The van der Waals surface area contributed by atoms with Gasteiger partial charge in [0.2, 0.25) is 0 Å². The summed E-state index contributed by atoms with van der Waals surface area (Å²) in [7, 11) is 3.71. The molecule has 1 N–H and O–H groups in total. The Balaban J connectivity index is 1.79. The molecule has 0 aliphatic heterocycles. The van der Waals surface area contributed by atoms with Gasteiger partial charge in [-0.1, -0.05) is 41.7 Å². The Bertz CT molecular complexity index is 838. The normalized spacial score (nSPS) is 11.0. The fourth-order valence-corrected chi connectivity index (χ4v) is 3.59. The number of H-pyrrole nitrogens is 1. The van der Waals surface area contributed by atoms with Crippen molar-refractivity contribution in [1.29, 1.82) is 0 Å². The largest absolute Gasteiger partial charge is 0.497 e. The number of hydrogen-bond donors (Lipinski definition) is 1. The third-order valence-corrected chi connectivity index (χ3v) is 4.68. The van der Waals surface area contributed by atoms with E-state index in [0.717, 1.165) is 35.0 Å². The van der Waals surface area contributed by atoms with Gasteiger partial charge >= 0.3 is 4.87 Å². The number of thiazole rings is 1. The molecule has 0 unspecified atom stereocenters. The topological polar surface area (TPSA) is 45.3 Å². The van der Waals surface area contributed by atoms with Crippen molar-refractivity contribution in [2.45, 2.75) is 13.1 Å². The summed E-state index contributed by atoms with van der Waals surface area (Å²) in [5.41, 5.74) is 3.15. The quantitative estimate of drug-likeness (QED) is 0.743. The minimum atomic E-state index is -0.0241. The van der Waals surface area contributed by atoms with E-state index < -0.39 is 0 Å². The van der Waals surface area contributed by atoms with Gasteiger partial charge in [0, 0.05) is 18.0 Å². The zero-order chi connectivity index (χ0) is 16.9. The number of nitrogens with one attached hydrogen (secondary N) is 1. The second-order valence-electron chi connectivity index (χ2n) is 5.70. The highest BCUT2D eigenvalue weighted by molar-refractivity contribution is 7.09. The van der Waals surface area contributed by atoms with Crippen LogP contribution in [-0.2, 0) is 13.1 Å². The second-order valence-corrected chi connectivity index (χ2v) is 6.77. The molecule has 1 heterocycles. The smallest absolute Gasteiger partial charge is 0.305 e. The summed E-state index contributed by atoms with van der Waals surface area (Å²) in [6.07, 6.45) is 0. The maximum Gasteiger partial charge on any atom is 0.305 e. The van der Waals surface area contributed by atoms with Crippen LogP contribution >= 0.6 is 11.3 Å². The van der Waals surface area contributed by atoms with E-state index in [2.05, 4.69) is 29.1 Å². The minimum absolute atomic E-state index is 0.0241. The van der Waals surface area contributed by atoms with Crippen LogP contribution in [-0.4, -0.2) is 24.0 Å². The molecule has 124 valence electrons. The molecule has 0 amide bonds. The Morgan fingerprint density at radius 3 is 2.42 bits per heavy atom. The molecular weight excluding hydrogens is 320 g/mol. The van der Waals surface area contributed by atoms with E-state index in [0.29, 0.717) is 0 Å². The summed E-state index contributed by atoms with van der Waals surface area (Å²) in [5, 5.41) is 0. The maximum absolute atomic E-state index is 11.9. The molecular formula is C19H20N2O2S. The van der Waals surface area contributed by atoms with Crippen LogP contribution in [0, 0.1) is 0 Å². The number of aromatic amines is 1. The van der Waals surface area contributed by atoms with Crippen LogP contribution in [0.15, 0.2) is 59.4 Å². The van der Waals surface area contributed by atoms with Gasteiger partial charge in [0.1, 0.15) is 5.75 Å². The van der Waals surface area contributed by atoms with E-state index in [1.54, 1.807) is 7.11 Å². The Kier molecular flexibility index (Phi) is 5.13. The third kappa shape index (κ3) is 3.93. The highest BCUT2D eigenvalue weighted by Gasteiger charge is 2.13. The van der Waals surface area contributed by atoms with Gasteiger partial charge in [-0.2, -0.15) is 0 Å². The minimum Gasteiger partial charge on any atom is -0.497 e. The first kappa shape index (κ1) is 16.5. The third-order valence-electron chi connectivity index (χ3n) is 3.81. The van der Waals surface area contributed by atoms with Crippen LogP contribution in [0.2, 0.25) is 0 Å². The molecule has 5 heteroatoms. The summed E-state index contributed by atoms with van der Waals surface area (Å²) in [5.74, 6) is 0.805. The van der Waals surface area contributed by atoms with Crippen LogP contribution < -0.4 is 9.61 Å². The predicted octanol–water partition coefficient (Wildman–Crippen LogP) is 3.74. The SMILES string of the molecule is COc1ccc(-c2[nH]c(=O)sc2CN(C)Cc2ccccc2)cc1. The van der Waals surface area contributed by atoms with E-state index in [9.17, 15) is 4.79 Å². The van der Waals surface area contributed by atoms with Crippen LogP contribution in [0.4, 0.5) is 0 Å². The van der Waals surface area contributed by atoms with E-state index in [1.807, 2.05) is 42.5 Å². The molecule has 4 nitrogen and oxygen atoms in total. The van der Waals surface area contributed by atoms with Gasteiger partial charge in [-0.05, 0) is 42.4 Å². The maximum atomic E-state index is 11.9. The molecule has 0 aliphatic rings. The van der Waals surface area contributed by atoms with Gasteiger partial charge in [0.15, 0.2) is 0 Å². The summed E-state index contributed by atoms with van der Waals surface area (Å²) < 4.78 is 5.19. The molecule has 0 bridgehead atoms. The van der Waals surface area contributed by atoms with Crippen LogP contribution in [0.5, 0.6) is 5.75 Å². The lowest BCUT2D eigenvalue weighted by Gasteiger charge is -2.16. The summed E-state index contributed by atoms with van der Waals surface area (Å²) in [6.45, 7) is 1.56. The number of ether oxygens (including phenoxy) is 1. The lowest BCUT2D eigenvalue weighted by atomic mass is 10.1. The molecule has 0 fully saturated rings. The number of rotatable bonds is 6. The molecule has 0 saturated carbocycles. The van der Waals surface area contributed by atoms with E-state index in [4.69, 9.17) is 4.74 Å². The summed E-state index contributed by atoms with van der Waals surface area (Å²) >= 11 is 1.27. The number of nitrogens with zero attached hydrogens (tertiary/aromatic N) is 1. The highest BCUT2D eigenvalue weighted by atomic mass is 32.1. The first-order valence-corrected chi connectivity index (χ1v) is 8.56. The zero-order valence-electron chi connectivity index (χ0n) is 13.8. The van der Waals surface area contributed by atoms with E-state index in [-0.39, 0.29) is 4.87 Å². The van der Waals surface area contributed by atoms with Crippen molar-refractivity contribution in [3.05, 3.63) is 74.7 Å². The molecule has 3 aromatic rings. The Labute approximate surface area is 145 Å². The lowest BCUT2D eigenvalue weighted by molar-refractivity contribution is 0.322. The summed E-state index contributed by atoms with van der Waals surface area (Å²) in [6, 6.07) is 18.1. The average Bonchev–Trinajstić information content (AvgIpc) is 2.96. The Morgan fingerprint density at radius 2 is 1.75 bits per heavy atom. The molecule has 2 aromatic carbocycles. The van der Waals surface area contributed by atoms with Crippen molar-refractivity contribution < 1.29 is 4.74 Å². The predicted molar refractivity (Wildman–Crippen MR) is 98.5 cm³/mol. The molecule has 3 rings (SSSR count). The Hall–Kier alpha value is -2.37. The molecule has 0 spiro atoms. The molecule has 0 radical (unpaired) electrons. The average molecular weight is 340 g/mol. The molecule has 0 aliphatic carbocycles. The van der Waals surface area contributed by atoms with Gasteiger partial charge in [0.25, 0.3) is 0 Å². The fourth-order valence-electron chi connectivity index (χ4n) is 2.66. The van der Waals surface area contributed by atoms with Crippen molar-refractivity contribution in [2.24, 2.45) is 0 Å². The Morgan fingerprint density at radius 1 is 1.04 bits per heavy atom. The number of benzene rings is 2. The van der Waals surface area contributed by atoms with Crippen LogP contribution in [0.25, 0.3) is 11.3 Å². The van der Waals surface area contributed by atoms with Crippen molar-refractivity contribution in [2.75, 3.05) is 14.2 Å². The first-order chi connectivity index (χ1) is 11.7. The first-order valence-electron chi connectivity index (χ1n) is 7.74. The van der Waals surface area contributed by atoms with Gasteiger partial charge in [-0.25, -0.2) is 0 Å². The number of aromatic nitrogens is 1.